The third kappa shape index (κ3) is 10.5. The van der Waals surface area contributed by atoms with E-state index in [-0.39, 0.29) is 0 Å². The Balaban J connectivity index is 1.38. The van der Waals surface area contributed by atoms with Crippen LogP contribution in [0.1, 0.15) is 186 Å². The third-order valence-electron chi connectivity index (χ3n) is 14.8. The van der Waals surface area contributed by atoms with Crippen LogP contribution >= 0.6 is 0 Å². The molecule has 0 heterocycles. The fraction of sp³-hybridized carbons (Fsp3) is 0.415. The summed E-state index contributed by atoms with van der Waals surface area (Å²) in [5.74, 6) is 0. The van der Waals surface area contributed by atoms with Gasteiger partial charge in [0.05, 0.1) is 5.41 Å². The van der Waals surface area contributed by atoms with E-state index in [1.165, 1.54) is 202 Å². The zero-order valence-corrected chi connectivity index (χ0v) is 41.2. The molecule has 8 rings (SSSR count). The zero-order valence-electron chi connectivity index (χ0n) is 41.2. The van der Waals surface area contributed by atoms with Crippen molar-refractivity contribution in [1.82, 2.24) is 0 Å². The van der Waals surface area contributed by atoms with Gasteiger partial charge in [-0.25, -0.2) is 0 Å². The molecule has 0 saturated carbocycles. The minimum atomic E-state index is -0.452. The number of rotatable bonds is 23. The van der Waals surface area contributed by atoms with Gasteiger partial charge in [0.2, 0.25) is 0 Å². The molecular formula is C65H78. The second-order valence-corrected chi connectivity index (χ2v) is 20.1. The van der Waals surface area contributed by atoms with Gasteiger partial charge in [-0.15, -0.1) is 0 Å². The average molecular weight is 859 g/mol. The van der Waals surface area contributed by atoms with E-state index in [0.717, 1.165) is 25.7 Å². The highest BCUT2D eigenvalue weighted by atomic mass is 14.5. The second kappa shape index (κ2) is 22.0. The first-order chi connectivity index (χ1) is 31.8. The van der Waals surface area contributed by atoms with E-state index in [4.69, 9.17) is 0 Å². The van der Waals surface area contributed by atoms with Crippen LogP contribution in [0.15, 0.2) is 121 Å². The number of benzene rings is 7. The Kier molecular flexibility index (Phi) is 15.8. The summed E-state index contributed by atoms with van der Waals surface area (Å²) in [7, 11) is 0. The van der Waals surface area contributed by atoms with Crippen molar-refractivity contribution < 1.29 is 0 Å². The monoisotopic (exact) mass is 859 g/mol. The second-order valence-electron chi connectivity index (χ2n) is 20.1. The molecule has 0 atom stereocenters. The number of fused-ring (bicyclic) bond motifs is 5. The van der Waals surface area contributed by atoms with Crippen molar-refractivity contribution in [3.8, 4) is 22.3 Å². The van der Waals surface area contributed by atoms with Crippen LogP contribution in [0.4, 0.5) is 0 Å². The van der Waals surface area contributed by atoms with E-state index >= 15 is 0 Å². The topological polar surface area (TPSA) is 0 Å². The molecule has 7 aromatic rings. The summed E-state index contributed by atoms with van der Waals surface area (Å²) in [5.41, 5.74) is 19.5. The normalized spacial score (nSPS) is 12.9. The summed E-state index contributed by atoms with van der Waals surface area (Å²) in [5, 5.41) is 5.22. The van der Waals surface area contributed by atoms with Crippen LogP contribution in [0.2, 0.25) is 0 Å². The Bertz CT molecular complexity index is 2560. The highest BCUT2D eigenvalue weighted by Gasteiger charge is 2.47. The summed E-state index contributed by atoms with van der Waals surface area (Å²) in [6.07, 6.45) is 25.1. The number of unbranched alkanes of at least 4 members (excludes halogenated alkanes) is 12. The van der Waals surface area contributed by atoms with Crippen LogP contribution < -0.4 is 0 Å². The molecule has 7 aromatic carbocycles. The molecule has 0 fully saturated rings. The fourth-order valence-corrected chi connectivity index (χ4v) is 11.3. The maximum absolute atomic E-state index is 2.67. The van der Waals surface area contributed by atoms with Crippen molar-refractivity contribution >= 4 is 21.5 Å². The molecule has 0 saturated heterocycles. The van der Waals surface area contributed by atoms with E-state index in [9.17, 15) is 0 Å². The Morgan fingerprint density at radius 3 is 1.18 bits per heavy atom. The van der Waals surface area contributed by atoms with Crippen LogP contribution in [0, 0.1) is 13.8 Å². The molecule has 0 heteroatoms. The number of hydrogen-bond acceptors (Lipinski definition) is 0. The fourth-order valence-electron chi connectivity index (χ4n) is 11.3. The average Bonchev–Trinajstić information content (AvgIpc) is 3.60. The molecular weight excluding hydrogens is 781 g/mol. The maximum atomic E-state index is 2.67. The van der Waals surface area contributed by atoms with Crippen molar-refractivity contribution in [3.05, 3.63) is 177 Å². The van der Waals surface area contributed by atoms with Crippen LogP contribution in [0.5, 0.6) is 0 Å². The van der Waals surface area contributed by atoms with E-state index in [2.05, 4.69) is 163 Å². The predicted molar refractivity (Wildman–Crippen MR) is 285 cm³/mol. The van der Waals surface area contributed by atoms with Gasteiger partial charge in [0, 0.05) is 0 Å². The van der Waals surface area contributed by atoms with Crippen LogP contribution in [0.25, 0.3) is 43.8 Å². The molecule has 0 spiro atoms. The van der Waals surface area contributed by atoms with Crippen molar-refractivity contribution in [3.63, 3.8) is 0 Å². The van der Waals surface area contributed by atoms with Crippen molar-refractivity contribution in [2.45, 2.75) is 175 Å². The van der Waals surface area contributed by atoms with Gasteiger partial charge in [0.25, 0.3) is 0 Å². The molecule has 0 bridgehead atoms. The predicted octanol–water partition coefficient (Wildman–Crippen LogP) is 19.1. The Morgan fingerprint density at radius 1 is 0.308 bits per heavy atom. The number of aryl methyl sites for hydroxylation is 6. The molecule has 0 amide bonds. The third-order valence-corrected chi connectivity index (χ3v) is 14.8. The molecule has 0 unspecified atom stereocenters. The Hall–Kier alpha value is -4.94. The lowest BCUT2D eigenvalue weighted by molar-refractivity contribution is 0.655. The molecule has 0 radical (unpaired) electrons. The first-order valence-corrected chi connectivity index (χ1v) is 26.3. The molecule has 0 aliphatic heterocycles. The van der Waals surface area contributed by atoms with Crippen LogP contribution in [-0.4, -0.2) is 0 Å². The zero-order chi connectivity index (χ0) is 45.2. The first-order valence-electron chi connectivity index (χ1n) is 26.3. The molecule has 65 heavy (non-hydrogen) atoms. The van der Waals surface area contributed by atoms with Crippen molar-refractivity contribution in [2.24, 2.45) is 0 Å². The van der Waals surface area contributed by atoms with E-state index < -0.39 is 5.41 Å². The highest BCUT2D eigenvalue weighted by Crippen LogP contribution is 2.58. The summed E-state index contributed by atoms with van der Waals surface area (Å²) >= 11 is 0. The first kappa shape index (κ1) is 46.6. The van der Waals surface area contributed by atoms with Gasteiger partial charge < -0.3 is 0 Å². The van der Waals surface area contributed by atoms with Gasteiger partial charge >= 0.3 is 0 Å². The smallest absolute Gasteiger partial charge is 0.0654 e. The largest absolute Gasteiger partial charge is 0.0714 e. The Labute approximate surface area is 394 Å². The summed E-state index contributed by atoms with van der Waals surface area (Å²) in [6.45, 7) is 13.8. The van der Waals surface area contributed by atoms with E-state index in [1.54, 1.807) is 0 Å². The number of hydrogen-bond donors (Lipinski definition) is 0. The van der Waals surface area contributed by atoms with Crippen molar-refractivity contribution in [2.75, 3.05) is 0 Å². The van der Waals surface area contributed by atoms with Gasteiger partial charge in [0.1, 0.15) is 0 Å². The maximum Gasteiger partial charge on any atom is 0.0714 e. The minimum Gasteiger partial charge on any atom is -0.0654 e. The molecule has 0 N–H and O–H groups in total. The Morgan fingerprint density at radius 2 is 0.692 bits per heavy atom. The van der Waals surface area contributed by atoms with Crippen molar-refractivity contribution in [1.29, 1.82) is 0 Å². The molecule has 0 aromatic heterocycles. The highest BCUT2D eigenvalue weighted by molar-refractivity contribution is 6.00. The van der Waals surface area contributed by atoms with Gasteiger partial charge in [0.15, 0.2) is 0 Å². The van der Waals surface area contributed by atoms with E-state index in [0.29, 0.717) is 0 Å². The van der Waals surface area contributed by atoms with Gasteiger partial charge in [-0.1, -0.05) is 213 Å². The molecule has 338 valence electrons. The lowest BCUT2D eigenvalue weighted by atomic mass is 9.66. The SMILES string of the molecule is CCCCCCc1cc(CCCCCC)cc(C2(c3cc(CCCCCC)cc(CCCCCC)c3)c3cc(C)ccc3-c3ccc(-c4ccc5cc6cc(C)ccc6cc5c4)cc32)c1. The summed E-state index contributed by atoms with van der Waals surface area (Å²) in [4.78, 5) is 0. The molecule has 1 aliphatic rings. The van der Waals surface area contributed by atoms with Crippen LogP contribution in [-0.2, 0) is 31.1 Å². The van der Waals surface area contributed by atoms with Gasteiger partial charge in [-0.2, -0.15) is 0 Å². The standard InChI is InChI=1S/C65H78/c1-7-11-15-19-23-49-37-50(24-20-16-12-8-2)40-59(39-49)65(60-41-51(25-21-17-13-9-3)38-52(42-60)26-22-18-14-10-4)63-36-48(6)28-33-61(63)62-34-32-56(46-64(62)65)53-30-31-55-44-57-35-47(5)27-29-54(57)45-58(55)43-53/h27-46H,7-26H2,1-6H3. The van der Waals surface area contributed by atoms with E-state index in [1.807, 2.05) is 0 Å². The summed E-state index contributed by atoms with van der Waals surface area (Å²) < 4.78 is 0. The molecule has 0 nitrogen and oxygen atoms in total. The molecule has 1 aliphatic carbocycles. The lowest BCUT2D eigenvalue weighted by Crippen LogP contribution is -2.29. The summed E-state index contributed by atoms with van der Waals surface area (Å²) in [6, 6.07) is 49.6. The van der Waals surface area contributed by atoms with Gasteiger partial charge in [-0.3, -0.25) is 0 Å². The van der Waals surface area contributed by atoms with Gasteiger partial charge in [-0.05, 0) is 178 Å². The lowest BCUT2D eigenvalue weighted by Gasteiger charge is -2.36. The van der Waals surface area contributed by atoms with Crippen LogP contribution in [0.3, 0.4) is 0 Å². The minimum absolute atomic E-state index is 0.452. The quantitative estimate of drug-likeness (QED) is 0.0444.